The molecule has 1 N–H and O–H groups in total. The predicted molar refractivity (Wildman–Crippen MR) is 77.0 cm³/mol. The fourth-order valence-electron chi connectivity index (χ4n) is 1.35. The van der Waals surface area contributed by atoms with Gasteiger partial charge in [-0.05, 0) is 24.6 Å². The highest BCUT2D eigenvalue weighted by Crippen LogP contribution is 2.27. The number of nitrogens with one attached hydrogen (secondary N) is 1. The number of carbonyl (C=O) groups excluding carboxylic acids is 2. The predicted octanol–water partition coefficient (Wildman–Crippen LogP) is 2.80. The average molecular weight is 298 g/mol. The Morgan fingerprint density at radius 2 is 2.10 bits per heavy atom. The van der Waals surface area contributed by atoms with Gasteiger partial charge in [0.25, 0.3) is 0 Å². The van der Waals surface area contributed by atoms with E-state index in [1.54, 1.807) is 18.2 Å². The molecule has 1 rings (SSSR count). The first-order valence-corrected chi connectivity index (χ1v) is 6.44. The molecule has 0 aliphatic carbocycles. The molecule has 0 unspecified atom stereocenters. The van der Waals surface area contributed by atoms with Crippen LogP contribution in [0.15, 0.2) is 30.4 Å². The second-order valence-corrected chi connectivity index (χ2v) is 4.27. The van der Waals surface area contributed by atoms with Crippen molar-refractivity contribution < 1.29 is 19.1 Å². The fraction of sp³-hybridized carbons (Fsp3) is 0.286. The number of esters is 1. The van der Waals surface area contributed by atoms with E-state index in [-0.39, 0.29) is 0 Å². The Bertz CT molecular complexity index is 514. The van der Waals surface area contributed by atoms with Crippen LogP contribution in [0.25, 0.3) is 0 Å². The number of anilines is 1. The van der Waals surface area contributed by atoms with E-state index in [0.29, 0.717) is 23.1 Å². The highest BCUT2D eigenvalue weighted by atomic mass is 35.5. The maximum atomic E-state index is 11.7. The number of methoxy groups -OCH3 is 1. The van der Waals surface area contributed by atoms with Crippen molar-refractivity contribution in [2.75, 3.05) is 19.0 Å². The zero-order valence-electron chi connectivity index (χ0n) is 11.3. The van der Waals surface area contributed by atoms with Crippen molar-refractivity contribution in [2.24, 2.45) is 0 Å². The minimum absolute atomic E-state index is 0.326. The maximum Gasteiger partial charge on any atom is 0.330 e. The van der Waals surface area contributed by atoms with Crippen LogP contribution >= 0.6 is 11.6 Å². The molecule has 5 nitrogen and oxygen atoms in total. The van der Waals surface area contributed by atoms with Gasteiger partial charge in [-0.15, -0.1) is 0 Å². The minimum atomic E-state index is -0.556. The average Bonchev–Trinajstić information content (AvgIpc) is 2.43. The highest BCUT2D eigenvalue weighted by molar-refractivity contribution is 6.31. The molecule has 0 saturated carbocycles. The van der Waals surface area contributed by atoms with Crippen molar-refractivity contribution in [3.05, 3.63) is 35.4 Å². The topological polar surface area (TPSA) is 64.6 Å². The van der Waals surface area contributed by atoms with Crippen LogP contribution in [0, 0.1) is 0 Å². The molecule has 0 aromatic heterocycles. The molecule has 0 heterocycles. The molecule has 1 amide bonds. The Hall–Kier alpha value is -2.01. The van der Waals surface area contributed by atoms with Crippen LogP contribution in [0.3, 0.4) is 0 Å². The van der Waals surface area contributed by atoms with Gasteiger partial charge < -0.3 is 14.8 Å². The number of hydrogen-bond donors (Lipinski definition) is 1. The third kappa shape index (κ3) is 5.32. The lowest BCUT2D eigenvalue weighted by molar-refractivity contribution is -0.137. The van der Waals surface area contributed by atoms with Gasteiger partial charge in [-0.25, -0.2) is 4.79 Å². The molecular formula is C14H16ClNO4. The minimum Gasteiger partial charge on any atom is -0.495 e. The lowest BCUT2D eigenvalue weighted by atomic mass is 10.3. The largest absolute Gasteiger partial charge is 0.495 e. The fourth-order valence-corrected chi connectivity index (χ4v) is 1.52. The van der Waals surface area contributed by atoms with E-state index >= 15 is 0 Å². The van der Waals surface area contributed by atoms with Crippen LogP contribution in [0.4, 0.5) is 5.69 Å². The van der Waals surface area contributed by atoms with Crippen LogP contribution in [0.1, 0.15) is 13.3 Å². The monoisotopic (exact) mass is 297 g/mol. The first-order chi connectivity index (χ1) is 9.56. The Kier molecular flexibility index (Phi) is 6.59. The first-order valence-electron chi connectivity index (χ1n) is 6.06. The van der Waals surface area contributed by atoms with Gasteiger partial charge in [-0.1, -0.05) is 18.5 Å². The third-order valence-electron chi connectivity index (χ3n) is 2.24. The van der Waals surface area contributed by atoms with Crippen LogP contribution in [-0.4, -0.2) is 25.6 Å². The van der Waals surface area contributed by atoms with E-state index in [1.807, 2.05) is 6.92 Å². The van der Waals surface area contributed by atoms with Gasteiger partial charge in [0, 0.05) is 17.2 Å². The van der Waals surface area contributed by atoms with Gasteiger partial charge in [0.15, 0.2) is 0 Å². The number of benzene rings is 1. The SMILES string of the molecule is CCCOC(=O)/C=C/C(=O)Nc1cc(Cl)ccc1OC. The Morgan fingerprint density at radius 1 is 1.35 bits per heavy atom. The van der Waals surface area contributed by atoms with Gasteiger partial charge in [-0.2, -0.15) is 0 Å². The second-order valence-electron chi connectivity index (χ2n) is 3.83. The van der Waals surface area contributed by atoms with Crippen LogP contribution in [0.2, 0.25) is 5.02 Å². The molecule has 0 bridgehead atoms. The second kappa shape index (κ2) is 8.22. The zero-order chi connectivity index (χ0) is 15.0. The molecule has 0 aliphatic heterocycles. The summed E-state index contributed by atoms with van der Waals surface area (Å²) < 4.78 is 9.90. The summed E-state index contributed by atoms with van der Waals surface area (Å²) in [6, 6.07) is 4.84. The maximum absolute atomic E-state index is 11.7. The summed E-state index contributed by atoms with van der Waals surface area (Å²) in [4.78, 5) is 22.9. The summed E-state index contributed by atoms with van der Waals surface area (Å²) in [6.45, 7) is 2.21. The molecule has 0 saturated heterocycles. The Labute approximate surface area is 122 Å². The molecule has 6 heteroatoms. The molecule has 108 valence electrons. The van der Waals surface area contributed by atoms with Crippen molar-refractivity contribution in [3.8, 4) is 5.75 Å². The lowest BCUT2D eigenvalue weighted by Gasteiger charge is -2.08. The van der Waals surface area contributed by atoms with Gasteiger partial charge in [0.1, 0.15) is 5.75 Å². The standard InChI is InChI=1S/C14H16ClNO4/c1-3-8-20-14(18)7-6-13(17)16-11-9-10(15)4-5-12(11)19-2/h4-7,9H,3,8H2,1-2H3,(H,16,17)/b7-6+. The highest BCUT2D eigenvalue weighted by Gasteiger charge is 2.06. The van der Waals surface area contributed by atoms with Gasteiger partial charge in [0.05, 0.1) is 19.4 Å². The number of amides is 1. The lowest BCUT2D eigenvalue weighted by Crippen LogP contribution is -2.10. The van der Waals surface area contributed by atoms with Crippen molar-refractivity contribution in [1.29, 1.82) is 0 Å². The number of halogens is 1. The van der Waals surface area contributed by atoms with Crippen LogP contribution in [-0.2, 0) is 14.3 Å². The number of rotatable bonds is 6. The molecule has 1 aromatic carbocycles. The van der Waals surface area contributed by atoms with Crippen molar-refractivity contribution in [3.63, 3.8) is 0 Å². The van der Waals surface area contributed by atoms with Crippen molar-refractivity contribution >= 4 is 29.2 Å². The summed E-state index contributed by atoms with van der Waals surface area (Å²) in [5.41, 5.74) is 0.427. The molecular weight excluding hydrogens is 282 g/mol. The van der Waals surface area contributed by atoms with Gasteiger partial charge >= 0.3 is 5.97 Å². The third-order valence-corrected chi connectivity index (χ3v) is 2.47. The van der Waals surface area contributed by atoms with E-state index in [0.717, 1.165) is 18.6 Å². The molecule has 20 heavy (non-hydrogen) atoms. The first kappa shape index (κ1) is 16.0. The van der Waals surface area contributed by atoms with E-state index in [2.05, 4.69) is 5.32 Å². The summed E-state index contributed by atoms with van der Waals surface area (Å²) in [6.07, 6.45) is 2.89. The number of ether oxygens (including phenoxy) is 2. The summed E-state index contributed by atoms with van der Waals surface area (Å²) in [7, 11) is 1.48. The Morgan fingerprint density at radius 3 is 2.75 bits per heavy atom. The van der Waals surface area contributed by atoms with Crippen molar-refractivity contribution in [1.82, 2.24) is 0 Å². The molecule has 0 radical (unpaired) electrons. The van der Waals surface area contributed by atoms with E-state index in [4.69, 9.17) is 21.1 Å². The summed E-state index contributed by atoms with van der Waals surface area (Å²) in [5, 5.41) is 3.04. The summed E-state index contributed by atoms with van der Waals surface area (Å²) in [5.74, 6) is -0.552. The normalized spacial score (nSPS) is 10.3. The molecule has 0 spiro atoms. The van der Waals surface area contributed by atoms with Gasteiger partial charge in [-0.3, -0.25) is 4.79 Å². The van der Waals surface area contributed by atoms with Crippen LogP contribution < -0.4 is 10.1 Å². The van der Waals surface area contributed by atoms with Crippen LogP contribution in [0.5, 0.6) is 5.75 Å². The van der Waals surface area contributed by atoms with Crippen molar-refractivity contribution in [2.45, 2.75) is 13.3 Å². The van der Waals surface area contributed by atoms with E-state index in [9.17, 15) is 9.59 Å². The Balaban J connectivity index is 2.64. The molecule has 0 atom stereocenters. The molecule has 0 fully saturated rings. The zero-order valence-corrected chi connectivity index (χ0v) is 12.1. The quantitative estimate of drug-likeness (QED) is 0.648. The smallest absolute Gasteiger partial charge is 0.330 e. The summed E-state index contributed by atoms with van der Waals surface area (Å²) >= 11 is 5.84. The number of hydrogen-bond acceptors (Lipinski definition) is 4. The van der Waals surface area contributed by atoms with E-state index < -0.39 is 11.9 Å². The number of carbonyl (C=O) groups is 2. The molecule has 0 aliphatic rings. The van der Waals surface area contributed by atoms with E-state index in [1.165, 1.54) is 7.11 Å². The van der Waals surface area contributed by atoms with Gasteiger partial charge in [0.2, 0.25) is 5.91 Å². The molecule has 1 aromatic rings.